The van der Waals surface area contributed by atoms with Gasteiger partial charge in [-0.15, -0.1) is 0 Å². The Morgan fingerprint density at radius 3 is 1.41 bits per heavy atom. The van der Waals surface area contributed by atoms with E-state index in [1.165, 1.54) is 0 Å². The van der Waals surface area contributed by atoms with E-state index in [1.807, 2.05) is 0 Å². The van der Waals surface area contributed by atoms with Crippen molar-refractivity contribution in [1.29, 1.82) is 0 Å². The van der Waals surface area contributed by atoms with Gasteiger partial charge in [0.25, 0.3) is 0 Å². The van der Waals surface area contributed by atoms with Gasteiger partial charge in [0.1, 0.15) is 0 Å². The molecule has 0 saturated carbocycles. The van der Waals surface area contributed by atoms with Crippen molar-refractivity contribution in [2.45, 2.75) is 58.9 Å². The van der Waals surface area contributed by atoms with Gasteiger partial charge in [0.05, 0.1) is 0 Å². The van der Waals surface area contributed by atoms with Gasteiger partial charge in [-0.2, -0.15) is 0 Å². The van der Waals surface area contributed by atoms with E-state index in [1.54, 1.807) is 0 Å². The molecule has 0 bridgehead atoms. The van der Waals surface area contributed by atoms with Crippen molar-refractivity contribution in [3.63, 3.8) is 0 Å². The second-order valence-corrected chi connectivity index (χ2v) is 21.1. The first-order valence-electron chi connectivity index (χ1n) is 5.72. The second-order valence-electron chi connectivity index (χ2n) is 6.42. The van der Waals surface area contributed by atoms with Gasteiger partial charge in [-0.25, -0.2) is 0 Å². The average Bonchev–Trinajstić information content (AvgIpc) is 1.70. The molecule has 0 aliphatic heterocycles. The summed E-state index contributed by atoms with van der Waals surface area (Å²) in [6.45, 7) is 19.5. The molecule has 0 aliphatic rings. The zero-order chi connectivity index (χ0) is 13.2. The standard InChI is InChI=1S/C9H27O3Si4.Rf/c1-13(10-14(2,3)4)11-16(8,9)12-15(5,6)7;/h1-9H3;. The van der Waals surface area contributed by atoms with Crippen LogP contribution in [0.5, 0.6) is 0 Å². The minimum absolute atomic E-state index is 0. The van der Waals surface area contributed by atoms with E-state index < -0.39 is 34.5 Å². The molecule has 8 heteroatoms. The van der Waals surface area contributed by atoms with Crippen LogP contribution in [0.1, 0.15) is 0 Å². The van der Waals surface area contributed by atoms with Crippen molar-refractivity contribution in [2.75, 3.05) is 0 Å². The largest absolute Gasteiger partial charge is 0.437 e. The predicted molar refractivity (Wildman–Crippen MR) is 79.0 cm³/mol. The minimum atomic E-state index is -2.00. The number of rotatable bonds is 6. The second kappa shape index (κ2) is 6.07. The van der Waals surface area contributed by atoms with Crippen LogP contribution < -0.4 is 0 Å². The van der Waals surface area contributed by atoms with Crippen LogP contribution in [0.4, 0.5) is 0 Å². The summed E-state index contributed by atoms with van der Waals surface area (Å²) in [7, 11) is -6.14. The van der Waals surface area contributed by atoms with Crippen LogP contribution in [0.25, 0.3) is 0 Å². The smallest absolute Gasteiger partial charge is 0.360 e. The first-order chi connectivity index (χ1) is 6.81. The van der Waals surface area contributed by atoms with Crippen molar-refractivity contribution >= 4 is 34.5 Å². The molecule has 0 N–H and O–H groups in total. The van der Waals surface area contributed by atoms with Gasteiger partial charge in [0.2, 0.25) is 0 Å². The third-order valence-electron chi connectivity index (χ3n) is 1.39. The summed E-state index contributed by atoms with van der Waals surface area (Å²) in [5.74, 6) is 0. The van der Waals surface area contributed by atoms with E-state index in [0.717, 1.165) is 0 Å². The van der Waals surface area contributed by atoms with Gasteiger partial charge in [-0.3, -0.25) is 0 Å². The van der Waals surface area contributed by atoms with E-state index in [-0.39, 0.29) is 0 Å². The molecule has 0 aromatic rings. The quantitative estimate of drug-likeness (QED) is 0.464. The molecule has 0 aromatic carbocycles. The minimum Gasteiger partial charge on any atom is -0.437 e. The van der Waals surface area contributed by atoms with E-state index in [4.69, 9.17) is 12.3 Å². The van der Waals surface area contributed by atoms with Crippen LogP contribution in [0, 0.1) is 0 Å². The molecule has 99 valence electrons. The van der Waals surface area contributed by atoms with E-state index in [2.05, 4.69) is 58.9 Å². The van der Waals surface area contributed by atoms with Gasteiger partial charge >= 0.3 is 17.8 Å². The van der Waals surface area contributed by atoms with Gasteiger partial charge in [-0.1, -0.05) is 0 Å². The molecule has 0 fully saturated rings. The first kappa shape index (κ1) is 19.1. The van der Waals surface area contributed by atoms with Gasteiger partial charge in [0.15, 0.2) is 16.6 Å². The maximum Gasteiger partial charge on any atom is 0.360 e. The van der Waals surface area contributed by atoms with Crippen LogP contribution in [0.15, 0.2) is 0 Å². The summed E-state index contributed by atoms with van der Waals surface area (Å²) in [6.07, 6.45) is 0. The van der Waals surface area contributed by atoms with E-state index in [9.17, 15) is 0 Å². The maximum absolute atomic E-state index is 6.13. The molecule has 0 spiro atoms. The summed E-state index contributed by atoms with van der Waals surface area (Å²) in [4.78, 5) is 0. The zero-order valence-corrected chi connectivity index (χ0v) is 23.3. The number of hydrogen-bond acceptors (Lipinski definition) is 3. The molecule has 17 heavy (non-hydrogen) atoms. The molecular weight excluding hydrogens is 535 g/mol. The van der Waals surface area contributed by atoms with Crippen LogP contribution in [-0.4, -0.2) is 34.5 Å². The molecule has 0 unspecified atom stereocenters. The van der Waals surface area contributed by atoms with Crippen LogP contribution in [0.3, 0.4) is 0 Å². The van der Waals surface area contributed by atoms with Crippen molar-refractivity contribution < 1.29 is 12.3 Å². The number of hydrogen-bond donors (Lipinski definition) is 0. The average molecular weight is 563 g/mol. The Morgan fingerprint density at radius 2 is 1.12 bits per heavy atom. The normalized spacial score (nSPS) is 13.8. The van der Waals surface area contributed by atoms with Crippen molar-refractivity contribution in [2.24, 2.45) is 0 Å². The summed E-state index contributed by atoms with van der Waals surface area (Å²) in [5.41, 5.74) is 0. The third kappa shape index (κ3) is 12.0. The molecule has 0 aromatic heterocycles. The predicted octanol–water partition coefficient (Wildman–Crippen LogP) is 3.53. The molecule has 3 nitrogen and oxygen atoms in total. The Morgan fingerprint density at radius 1 is 0.706 bits per heavy atom. The Labute approximate surface area is 106 Å². The third-order valence-corrected chi connectivity index (χ3v) is 12.5. The van der Waals surface area contributed by atoms with Crippen LogP contribution in [0.2, 0.25) is 58.9 Å². The molecule has 0 amide bonds. The van der Waals surface area contributed by atoms with Gasteiger partial charge < -0.3 is 12.3 Å². The van der Waals surface area contributed by atoms with Crippen LogP contribution >= 0.6 is 0 Å². The van der Waals surface area contributed by atoms with Crippen molar-refractivity contribution in [3.05, 3.63) is 0 Å². The summed E-state index contributed by atoms with van der Waals surface area (Å²) < 4.78 is 18.2. The molecule has 1 radical (unpaired) electrons. The fourth-order valence-electron chi connectivity index (χ4n) is 1.56. The SMILES string of the molecule is C[Si](O[Si](C)(C)C)O[Si](C)(C)O[Si](C)(C)C.[Rf]. The zero-order valence-electron chi connectivity index (χ0n) is 12.9. The topological polar surface area (TPSA) is 27.7 Å². The first-order valence-corrected chi connectivity index (χ1v) is 17.2. The molecular formula is C9H27O3RfSi4. The molecule has 0 saturated heterocycles. The van der Waals surface area contributed by atoms with Gasteiger partial charge in [-0.05, 0) is 58.9 Å². The monoisotopic (exact) mass is 562 g/mol. The summed E-state index contributed by atoms with van der Waals surface area (Å²) >= 11 is 0. The molecule has 0 heterocycles. The Hall–Kier alpha value is -0.252. The molecule has 0 rings (SSSR count). The fraction of sp³-hybridized carbons (Fsp3) is 1.00. The van der Waals surface area contributed by atoms with Crippen molar-refractivity contribution in [3.8, 4) is 0 Å². The van der Waals surface area contributed by atoms with Crippen molar-refractivity contribution in [1.82, 2.24) is 0 Å². The summed E-state index contributed by atoms with van der Waals surface area (Å²) in [6, 6.07) is 0. The maximum atomic E-state index is 6.13. The fourth-order valence-corrected chi connectivity index (χ4v) is 14.8. The Kier molecular flexibility index (Phi) is 6.82. The van der Waals surface area contributed by atoms with E-state index >= 15 is 0 Å². The van der Waals surface area contributed by atoms with Crippen LogP contribution in [-0.2, 0) is 12.3 Å². The molecule has 0 atom stereocenters. The Bertz CT molecular complexity index is 225. The van der Waals surface area contributed by atoms with E-state index in [0.29, 0.717) is 0 Å². The Balaban J connectivity index is 0. The summed E-state index contributed by atoms with van der Waals surface area (Å²) in [5, 5.41) is 0. The molecule has 0 aliphatic carbocycles. The van der Waals surface area contributed by atoms with Gasteiger partial charge in [0, 0.05) is 0 Å².